The number of carbonyl (C=O) groups excluding carboxylic acids is 1. The first-order valence-electron chi connectivity index (χ1n) is 3.62. The second-order valence-corrected chi connectivity index (χ2v) is 3.53. The lowest BCUT2D eigenvalue weighted by molar-refractivity contribution is 0.109. The number of benzene rings is 1. The molecule has 0 saturated carbocycles. The van der Waals surface area contributed by atoms with Crippen LogP contribution in [0.5, 0.6) is 5.75 Å². The summed E-state index contributed by atoms with van der Waals surface area (Å²) in [5, 5.41) is 11.7. The minimum absolute atomic E-state index is 0.388. The molecule has 1 aliphatic rings. The number of ether oxygens (including phenoxy) is 1. The van der Waals surface area contributed by atoms with Gasteiger partial charge in [-0.3, -0.25) is 5.32 Å². The minimum Gasteiger partial charge on any atom is -0.410 e. The van der Waals surface area contributed by atoms with Crippen LogP contribution in [0.2, 0.25) is 0 Å². The summed E-state index contributed by atoms with van der Waals surface area (Å²) in [5.41, 5.74) is 0.550. The Bertz CT molecular complexity index is 366. The SMILES string of the molecule is O=C1N[C@@H](O)c2cc(Br)ccc2O1. The van der Waals surface area contributed by atoms with Crippen molar-refractivity contribution in [1.82, 2.24) is 5.32 Å². The van der Waals surface area contributed by atoms with E-state index in [9.17, 15) is 9.90 Å². The second-order valence-electron chi connectivity index (χ2n) is 2.62. The maximum absolute atomic E-state index is 10.8. The standard InChI is InChI=1S/C8H6BrNO3/c9-4-1-2-6-5(3-4)7(11)10-8(12)13-6/h1-3,7,11H,(H,10,12)/t7-/m0/s1. The van der Waals surface area contributed by atoms with Crippen LogP contribution in [-0.4, -0.2) is 11.2 Å². The number of carbonyl (C=O) groups is 1. The molecule has 0 fully saturated rings. The van der Waals surface area contributed by atoms with Gasteiger partial charge in [0.2, 0.25) is 0 Å². The lowest BCUT2D eigenvalue weighted by Gasteiger charge is -2.21. The summed E-state index contributed by atoms with van der Waals surface area (Å²) in [5.74, 6) is 0.388. The Balaban J connectivity index is 2.49. The molecular weight excluding hydrogens is 238 g/mol. The molecule has 13 heavy (non-hydrogen) atoms. The Hall–Kier alpha value is -1.07. The van der Waals surface area contributed by atoms with Crippen molar-refractivity contribution in [3.8, 4) is 5.75 Å². The Kier molecular flexibility index (Phi) is 1.97. The fraction of sp³-hybridized carbons (Fsp3) is 0.125. The number of hydrogen-bond donors (Lipinski definition) is 2. The molecule has 0 radical (unpaired) electrons. The third-order valence-corrected chi connectivity index (χ3v) is 2.22. The van der Waals surface area contributed by atoms with Gasteiger partial charge in [-0.2, -0.15) is 0 Å². The molecule has 68 valence electrons. The molecule has 1 aromatic carbocycles. The highest BCUT2D eigenvalue weighted by molar-refractivity contribution is 9.10. The van der Waals surface area contributed by atoms with E-state index in [-0.39, 0.29) is 0 Å². The highest BCUT2D eigenvalue weighted by atomic mass is 79.9. The van der Waals surface area contributed by atoms with Crippen molar-refractivity contribution in [3.63, 3.8) is 0 Å². The van der Waals surface area contributed by atoms with E-state index in [1.807, 2.05) is 0 Å². The second kappa shape index (κ2) is 3.01. The highest BCUT2D eigenvalue weighted by Gasteiger charge is 2.23. The average molecular weight is 244 g/mol. The van der Waals surface area contributed by atoms with E-state index in [2.05, 4.69) is 21.2 Å². The molecule has 1 atom stereocenters. The van der Waals surface area contributed by atoms with E-state index in [0.29, 0.717) is 11.3 Å². The lowest BCUT2D eigenvalue weighted by Crippen LogP contribution is -2.35. The molecule has 5 heteroatoms. The Morgan fingerprint density at radius 1 is 1.54 bits per heavy atom. The predicted molar refractivity (Wildman–Crippen MR) is 48.3 cm³/mol. The summed E-state index contributed by atoms with van der Waals surface area (Å²) in [6.45, 7) is 0. The molecule has 0 unspecified atom stereocenters. The van der Waals surface area contributed by atoms with Crippen LogP contribution in [0.25, 0.3) is 0 Å². The normalized spacial score (nSPS) is 20.2. The molecular formula is C8H6BrNO3. The van der Waals surface area contributed by atoms with Crippen molar-refractivity contribution in [1.29, 1.82) is 0 Å². The van der Waals surface area contributed by atoms with Crippen LogP contribution >= 0.6 is 15.9 Å². The third kappa shape index (κ3) is 1.52. The van der Waals surface area contributed by atoms with Gasteiger partial charge in [-0.1, -0.05) is 15.9 Å². The number of rotatable bonds is 0. The molecule has 0 saturated heterocycles. The molecule has 1 heterocycles. The van der Waals surface area contributed by atoms with Crippen molar-refractivity contribution in [2.45, 2.75) is 6.23 Å². The predicted octanol–water partition coefficient (Wildman–Crippen LogP) is 1.54. The van der Waals surface area contributed by atoms with Crippen LogP contribution in [-0.2, 0) is 0 Å². The number of hydrogen-bond acceptors (Lipinski definition) is 3. The van der Waals surface area contributed by atoms with Crippen LogP contribution < -0.4 is 10.1 Å². The van der Waals surface area contributed by atoms with Gasteiger partial charge in [0.1, 0.15) is 5.75 Å². The topological polar surface area (TPSA) is 58.6 Å². The maximum atomic E-state index is 10.8. The molecule has 0 bridgehead atoms. The zero-order valence-corrected chi connectivity index (χ0v) is 8.04. The van der Waals surface area contributed by atoms with Gasteiger partial charge >= 0.3 is 6.09 Å². The van der Waals surface area contributed by atoms with Crippen LogP contribution in [0.1, 0.15) is 11.8 Å². The summed E-state index contributed by atoms with van der Waals surface area (Å²) in [4.78, 5) is 10.8. The Labute approximate surface area is 82.6 Å². The van der Waals surface area contributed by atoms with E-state index in [1.54, 1.807) is 18.2 Å². The van der Waals surface area contributed by atoms with Crippen LogP contribution in [0.3, 0.4) is 0 Å². The first-order valence-corrected chi connectivity index (χ1v) is 4.42. The van der Waals surface area contributed by atoms with Gasteiger partial charge in [-0.05, 0) is 18.2 Å². The van der Waals surface area contributed by atoms with Crippen molar-refractivity contribution < 1.29 is 14.6 Å². The van der Waals surface area contributed by atoms with Gasteiger partial charge in [0, 0.05) is 10.0 Å². The zero-order chi connectivity index (χ0) is 9.42. The molecule has 2 N–H and O–H groups in total. The maximum Gasteiger partial charge on any atom is 0.414 e. The largest absolute Gasteiger partial charge is 0.414 e. The zero-order valence-electron chi connectivity index (χ0n) is 6.45. The van der Waals surface area contributed by atoms with Gasteiger partial charge in [0.25, 0.3) is 0 Å². The minimum atomic E-state index is -0.992. The summed E-state index contributed by atoms with van der Waals surface area (Å²) in [7, 11) is 0. The Morgan fingerprint density at radius 2 is 2.31 bits per heavy atom. The highest BCUT2D eigenvalue weighted by Crippen LogP contribution is 2.30. The lowest BCUT2D eigenvalue weighted by atomic mass is 10.1. The van der Waals surface area contributed by atoms with Crippen LogP contribution in [0, 0.1) is 0 Å². The number of halogens is 1. The Morgan fingerprint density at radius 3 is 3.08 bits per heavy atom. The van der Waals surface area contributed by atoms with E-state index in [0.717, 1.165) is 4.47 Å². The van der Waals surface area contributed by atoms with Crippen molar-refractivity contribution in [3.05, 3.63) is 28.2 Å². The molecule has 1 aromatic rings. The fourth-order valence-electron chi connectivity index (χ4n) is 1.14. The summed E-state index contributed by atoms with van der Waals surface area (Å²) in [6, 6.07) is 5.06. The quantitative estimate of drug-likeness (QED) is 0.727. The first-order chi connectivity index (χ1) is 6.16. The van der Waals surface area contributed by atoms with Gasteiger partial charge in [-0.15, -0.1) is 0 Å². The fourth-order valence-corrected chi connectivity index (χ4v) is 1.52. The van der Waals surface area contributed by atoms with E-state index >= 15 is 0 Å². The van der Waals surface area contributed by atoms with Crippen LogP contribution in [0.15, 0.2) is 22.7 Å². The van der Waals surface area contributed by atoms with Gasteiger partial charge < -0.3 is 9.84 Å². The number of aliphatic hydroxyl groups excluding tert-OH is 1. The van der Waals surface area contributed by atoms with E-state index in [4.69, 9.17) is 4.74 Å². The summed E-state index contributed by atoms with van der Waals surface area (Å²) >= 11 is 3.25. The number of fused-ring (bicyclic) bond motifs is 1. The van der Waals surface area contributed by atoms with Gasteiger partial charge in [0.15, 0.2) is 6.23 Å². The van der Waals surface area contributed by atoms with Crippen molar-refractivity contribution in [2.75, 3.05) is 0 Å². The first kappa shape index (κ1) is 8.52. The molecule has 0 aliphatic carbocycles. The smallest absolute Gasteiger partial charge is 0.410 e. The number of nitrogens with one attached hydrogen (secondary N) is 1. The van der Waals surface area contributed by atoms with Gasteiger partial charge in [-0.25, -0.2) is 4.79 Å². The summed E-state index contributed by atoms with van der Waals surface area (Å²) < 4.78 is 5.65. The molecule has 4 nitrogen and oxygen atoms in total. The molecule has 0 aromatic heterocycles. The van der Waals surface area contributed by atoms with Crippen molar-refractivity contribution >= 4 is 22.0 Å². The molecule has 0 spiro atoms. The third-order valence-electron chi connectivity index (χ3n) is 1.72. The van der Waals surface area contributed by atoms with Crippen molar-refractivity contribution in [2.24, 2.45) is 0 Å². The monoisotopic (exact) mass is 243 g/mol. The summed E-state index contributed by atoms with van der Waals surface area (Å²) in [6.07, 6.45) is -1.63. The van der Waals surface area contributed by atoms with Crippen LogP contribution in [0.4, 0.5) is 4.79 Å². The molecule has 1 aliphatic heterocycles. The molecule has 1 amide bonds. The average Bonchev–Trinajstić information content (AvgIpc) is 2.06. The van der Waals surface area contributed by atoms with E-state index in [1.165, 1.54) is 0 Å². The number of amides is 1. The van der Waals surface area contributed by atoms with E-state index < -0.39 is 12.3 Å². The molecule has 2 rings (SSSR count). The van der Waals surface area contributed by atoms with Gasteiger partial charge in [0.05, 0.1) is 0 Å². The number of aliphatic hydroxyl groups is 1.